The predicted octanol–water partition coefficient (Wildman–Crippen LogP) is 3.00. The van der Waals surface area contributed by atoms with Gasteiger partial charge in [0.1, 0.15) is 11.1 Å². The lowest BCUT2D eigenvalue weighted by Crippen LogP contribution is -2.00. The number of nitrogens with zero attached hydrogens (tertiary/aromatic N) is 1. The van der Waals surface area contributed by atoms with Crippen LogP contribution >= 0.6 is 0 Å². The van der Waals surface area contributed by atoms with Crippen molar-refractivity contribution in [1.29, 1.82) is 0 Å². The smallest absolute Gasteiger partial charge is 0.339 e. The van der Waals surface area contributed by atoms with E-state index in [1.165, 1.54) is 24.4 Å². The van der Waals surface area contributed by atoms with Crippen LogP contribution in [0.2, 0.25) is 0 Å². The molecule has 0 amide bonds. The molecule has 0 fully saturated rings. The van der Waals surface area contributed by atoms with E-state index in [0.717, 1.165) is 0 Å². The van der Waals surface area contributed by atoms with Crippen LogP contribution in [-0.2, 0) is 0 Å². The van der Waals surface area contributed by atoms with E-state index < -0.39 is 17.7 Å². The van der Waals surface area contributed by atoms with Gasteiger partial charge in [-0.15, -0.1) is 0 Å². The normalized spacial score (nSPS) is 10.6. The number of pyridine rings is 1. The number of carbonyl (C=O) groups is 2. The number of phenols is 1. The predicted molar refractivity (Wildman–Crippen MR) is 82.8 cm³/mol. The van der Waals surface area contributed by atoms with Crippen molar-refractivity contribution >= 4 is 22.8 Å². The Labute approximate surface area is 130 Å². The standard InChI is InChI=1S/C17H11NO5/c19-15-13(17(22)23)8-12(11-5-2-6-18-14(11)15)9-3-1-4-10(7-9)16(20)21/h1-8,19H,(H,20,21)(H,22,23). The molecule has 6 heteroatoms. The van der Waals surface area contributed by atoms with Gasteiger partial charge in [-0.1, -0.05) is 18.2 Å². The minimum absolute atomic E-state index is 0.0875. The summed E-state index contributed by atoms with van der Waals surface area (Å²) in [6, 6.07) is 10.8. The zero-order valence-electron chi connectivity index (χ0n) is 11.7. The Kier molecular flexibility index (Phi) is 3.42. The van der Waals surface area contributed by atoms with Gasteiger partial charge in [0.2, 0.25) is 0 Å². The Morgan fingerprint density at radius 3 is 2.43 bits per heavy atom. The number of carboxylic acid groups (broad SMARTS) is 2. The number of hydrogen-bond acceptors (Lipinski definition) is 4. The van der Waals surface area contributed by atoms with Crippen molar-refractivity contribution in [3.8, 4) is 16.9 Å². The Morgan fingerprint density at radius 1 is 0.957 bits per heavy atom. The van der Waals surface area contributed by atoms with Crippen molar-refractivity contribution in [2.45, 2.75) is 0 Å². The summed E-state index contributed by atoms with van der Waals surface area (Å²) < 4.78 is 0. The summed E-state index contributed by atoms with van der Waals surface area (Å²) in [5.74, 6) is -2.77. The van der Waals surface area contributed by atoms with Crippen LogP contribution in [-0.4, -0.2) is 32.2 Å². The highest BCUT2D eigenvalue weighted by Crippen LogP contribution is 2.36. The van der Waals surface area contributed by atoms with E-state index in [1.807, 2.05) is 0 Å². The third kappa shape index (κ3) is 2.46. The topological polar surface area (TPSA) is 108 Å². The van der Waals surface area contributed by atoms with Crippen LogP contribution in [0.4, 0.5) is 0 Å². The van der Waals surface area contributed by atoms with E-state index >= 15 is 0 Å². The minimum Gasteiger partial charge on any atom is -0.505 e. The SMILES string of the molecule is O=C(O)c1cccc(-c2cc(C(=O)O)c(O)c3ncccc23)c1. The first-order valence-electron chi connectivity index (χ1n) is 6.66. The summed E-state index contributed by atoms with van der Waals surface area (Å²) in [5, 5.41) is 29.0. The average molecular weight is 309 g/mol. The molecule has 3 aromatic rings. The summed E-state index contributed by atoms with van der Waals surface area (Å²) in [7, 11) is 0. The monoisotopic (exact) mass is 309 g/mol. The molecule has 0 saturated carbocycles. The van der Waals surface area contributed by atoms with E-state index in [4.69, 9.17) is 5.11 Å². The van der Waals surface area contributed by atoms with E-state index in [-0.39, 0.29) is 16.6 Å². The fourth-order valence-corrected chi connectivity index (χ4v) is 2.45. The van der Waals surface area contributed by atoms with Gasteiger partial charge in [-0.2, -0.15) is 0 Å². The number of aromatic carboxylic acids is 2. The van der Waals surface area contributed by atoms with Crippen molar-refractivity contribution in [3.63, 3.8) is 0 Å². The number of aromatic hydroxyl groups is 1. The molecule has 0 bridgehead atoms. The minimum atomic E-state index is -1.29. The summed E-state index contributed by atoms with van der Waals surface area (Å²) in [6.45, 7) is 0. The highest BCUT2D eigenvalue weighted by molar-refractivity contribution is 6.06. The van der Waals surface area contributed by atoms with Gasteiger partial charge in [0.25, 0.3) is 0 Å². The lowest BCUT2D eigenvalue weighted by molar-refractivity contribution is 0.0684. The molecule has 23 heavy (non-hydrogen) atoms. The summed E-state index contributed by atoms with van der Waals surface area (Å²) in [4.78, 5) is 26.5. The Morgan fingerprint density at radius 2 is 1.74 bits per heavy atom. The third-order valence-electron chi connectivity index (χ3n) is 3.52. The molecule has 3 rings (SSSR count). The second-order valence-corrected chi connectivity index (χ2v) is 4.91. The summed E-state index contributed by atoms with van der Waals surface area (Å²) in [6.07, 6.45) is 1.45. The Hall–Kier alpha value is -3.41. The van der Waals surface area contributed by atoms with Crippen LogP contribution in [0, 0.1) is 0 Å². The largest absolute Gasteiger partial charge is 0.505 e. The lowest BCUT2D eigenvalue weighted by atomic mass is 9.96. The van der Waals surface area contributed by atoms with Gasteiger partial charge < -0.3 is 15.3 Å². The van der Waals surface area contributed by atoms with E-state index in [9.17, 15) is 19.8 Å². The second-order valence-electron chi connectivity index (χ2n) is 4.91. The van der Waals surface area contributed by atoms with Crippen LogP contribution in [0.15, 0.2) is 48.7 Å². The molecule has 1 heterocycles. The van der Waals surface area contributed by atoms with Crippen LogP contribution in [0.3, 0.4) is 0 Å². The van der Waals surface area contributed by atoms with Crippen molar-refractivity contribution < 1.29 is 24.9 Å². The molecule has 114 valence electrons. The van der Waals surface area contributed by atoms with Gasteiger partial charge >= 0.3 is 11.9 Å². The van der Waals surface area contributed by atoms with Crippen molar-refractivity contribution in [2.75, 3.05) is 0 Å². The average Bonchev–Trinajstić information content (AvgIpc) is 2.55. The summed E-state index contributed by atoms with van der Waals surface area (Å²) in [5.41, 5.74) is 0.983. The van der Waals surface area contributed by atoms with E-state index in [2.05, 4.69) is 4.98 Å². The molecule has 0 saturated heterocycles. The molecule has 0 spiro atoms. The first-order chi connectivity index (χ1) is 11.0. The summed E-state index contributed by atoms with van der Waals surface area (Å²) >= 11 is 0. The molecule has 0 aliphatic carbocycles. The van der Waals surface area contributed by atoms with Gasteiger partial charge in [-0.3, -0.25) is 4.98 Å². The third-order valence-corrected chi connectivity index (χ3v) is 3.52. The fraction of sp³-hybridized carbons (Fsp3) is 0. The van der Waals surface area contributed by atoms with Crippen molar-refractivity contribution in [1.82, 2.24) is 4.98 Å². The van der Waals surface area contributed by atoms with Crippen molar-refractivity contribution in [2.24, 2.45) is 0 Å². The lowest BCUT2D eigenvalue weighted by Gasteiger charge is -2.11. The van der Waals surface area contributed by atoms with Crippen LogP contribution in [0.25, 0.3) is 22.0 Å². The van der Waals surface area contributed by atoms with Gasteiger partial charge in [0, 0.05) is 11.6 Å². The highest BCUT2D eigenvalue weighted by atomic mass is 16.4. The van der Waals surface area contributed by atoms with E-state index in [0.29, 0.717) is 16.5 Å². The zero-order valence-corrected chi connectivity index (χ0v) is 11.7. The molecule has 0 atom stereocenters. The van der Waals surface area contributed by atoms with Crippen molar-refractivity contribution in [3.05, 3.63) is 59.8 Å². The molecule has 0 aliphatic rings. The Balaban J connectivity index is 2.37. The maximum atomic E-state index is 11.3. The molecule has 6 nitrogen and oxygen atoms in total. The second kappa shape index (κ2) is 5.42. The number of fused-ring (bicyclic) bond motifs is 1. The molecule has 0 radical (unpaired) electrons. The molecule has 1 aromatic heterocycles. The molecule has 0 aliphatic heterocycles. The highest BCUT2D eigenvalue weighted by Gasteiger charge is 2.18. The van der Waals surface area contributed by atoms with Gasteiger partial charge in [-0.25, -0.2) is 9.59 Å². The number of aromatic nitrogens is 1. The number of benzene rings is 2. The fourth-order valence-electron chi connectivity index (χ4n) is 2.45. The molecule has 0 unspecified atom stereocenters. The van der Waals surface area contributed by atoms with Gasteiger partial charge in [0.15, 0.2) is 5.75 Å². The first-order valence-corrected chi connectivity index (χ1v) is 6.66. The number of rotatable bonds is 3. The molecule has 3 N–H and O–H groups in total. The van der Waals surface area contributed by atoms with E-state index in [1.54, 1.807) is 24.3 Å². The maximum Gasteiger partial charge on any atom is 0.339 e. The molecule has 2 aromatic carbocycles. The quantitative estimate of drug-likeness (QED) is 0.686. The van der Waals surface area contributed by atoms with Crippen LogP contribution < -0.4 is 0 Å². The van der Waals surface area contributed by atoms with Crippen LogP contribution in [0.5, 0.6) is 5.75 Å². The van der Waals surface area contributed by atoms with Crippen LogP contribution in [0.1, 0.15) is 20.7 Å². The zero-order chi connectivity index (χ0) is 16.6. The number of hydrogen-bond donors (Lipinski definition) is 3. The maximum absolute atomic E-state index is 11.3. The van der Waals surface area contributed by atoms with Gasteiger partial charge in [0.05, 0.1) is 5.56 Å². The molecular weight excluding hydrogens is 298 g/mol. The molecular formula is C17H11NO5. The first kappa shape index (κ1) is 14.5. The number of carboxylic acids is 2. The van der Waals surface area contributed by atoms with Gasteiger partial charge in [-0.05, 0) is 35.4 Å². The Bertz CT molecular complexity index is 949.